The summed E-state index contributed by atoms with van der Waals surface area (Å²) in [4.78, 5) is 4.62. The Morgan fingerprint density at radius 2 is 2.07 bits per heavy atom. The second-order valence-corrected chi connectivity index (χ2v) is 3.92. The lowest BCUT2D eigenvalue weighted by molar-refractivity contribution is 0.821. The summed E-state index contributed by atoms with van der Waals surface area (Å²) in [6, 6.07) is 8.49. The minimum absolute atomic E-state index is 0.868. The van der Waals surface area contributed by atoms with E-state index >= 15 is 0 Å². The van der Waals surface area contributed by atoms with Crippen LogP contribution in [0, 0.1) is 13.8 Å². The predicted octanol–water partition coefficient (Wildman–Crippen LogP) is 2.57. The van der Waals surface area contributed by atoms with E-state index in [0.29, 0.717) is 0 Å². The topological polar surface area (TPSA) is 24.9 Å². The fourth-order valence-electron chi connectivity index (χ4n) is 1.97. The first-order valence-corrected chi connectivity index (χ1v) is 5.23. The quantitative estimate of drug-likeness (QED) is 0.806. The second-order valence-electron chi connectivity index (χ2n) is 3.92. The van der Waals surface area contributed by atoms with Crippen LogP contribution >= 0.6 is 0 Å². The van der Waals surface area contributed by atoms with Crippen LogP contribution in [-0.2, 0) is 6.54 Å². The van der Waals surface area contributed by atoms with Gasteiger partial charge in [-0.1, -0.05) is 18.2 Å². The van der Waals surface area contributed by atoms with Gasteiger partial charge in [-0.2, -0.15) is 0 Å². The van der Waals surface area contributed by atoms with Crippen molar-refractivity contribution in [3.05, 3.63) is 41.1 Å². The van der Waals surface area contributed by atoms with Crippen LogP contribution in [0.2, 0.25) is 0 Å². The lowest BCUT2D eigenvalue weighted by Gasteiger charge is -2.08. The molecule has 0 fully saturated rings. The molecule has 2 nitrogen and oxygen atoms in total. The van der Waals surface area contributed by atoms with Crippen LogP contribution in [0.3, 0.4) is 0 Å². The zero-order valence-corrected chi connectivity index (χ0v) is 9.46. The lowest BCUT2D eigenvalue weighted by atomic mass is 10.0. The number of nitrogens with one attached hydrogen (secondary N) is 1. The Bertz CT molecular complexity index is 489. The van der Waals surface area contributed by atoms with E-state index in [-0.39, 0.29) is 0 Å². The molecule has 0 unspecified atom stereocenters. The minimum atomic E-state index is 0.868. The third kappa shape index (κ3) is 1.85. The highest BCUT2D eigenvalue weighted by molar-refractivity contribution is 5.85. The van der Waals surface area contributed by atoms with Crippen LogP contribution in [0.1, 0.15) is 16.8 Å². The van der Waals surface area contributed by atoms with Crippen molar-refractivity contribution < 1.29 is 0 Å². The average Bonchev–Trinajstić information content (AvgIpc) is 2.19. The fourth-order valence-corrected chi connectivity index (χ4v) is 1.97. The number of benzene rings is 1. The van der Waals surface area contributed by atoms with E-state index in [1.54, 1.807) is 0 Å². The Labute approximate surface area is 90.3 Å². The molecule has 0 bridgehead atoms. The molecule has 0 saturated carbocycles. The molecular formula is C13H16N2. The van der Waals surface area contributed by atoms with Crippen LogP contribution in [0.25, 0.3) is 10.9 Å². The van der Waals surface area contributed by atoms with Gasteiger partial charge in [0.2, 0.25) is 0 Å². The maximum absolute atomic E-state index is 4.62. The summed E-state index contributed by atoms with van der Waals surface area (Å²) in [7, 11) is 1.96. The number of hydrogen-bond acceptors (Lipinski definition) is 2. The molecule has 0 atom stereocenters. The van der Waals surface area contributed by atoms with Gasteiger partial charge in [0.15, 0.2) is 0 Å². The van der Waals surface area contributed by atoms with Crippen molar-refractivity contribution >= 4 is 10.9 Å². The molecule has 0 aliphatic heterocycles. The molecule has 0 aliphatic rings. The molecule has 2 aromatic rings. The normalized spacial score (nSPS) is 10.9. The monoisotopic (exact) mass is 200 g/mol. The largest absolute Gasteiger partial charge is 0.316 e. The summed E-state index contributed by atoms with van der Waals surface area (Å²) in [6.07, 6.45) is 0. The molecule has 1 heterocycles. The Balaban J connectivity index is 2.73. The van der Waals surface area contributed by atoms with Crippen molar-refractivity contribution in [3.8, 4) is 0 Å². The molecule has 0 saturated heterocycles. The van der Waals surface area contributed by atoms with Gasteiger partial charge < -0.3 is 5.32 Å². The second kappa shape index (κ2) is 3.99. The van der Waals surface area contributed by atoms with Gasteiger partial charge in [0.1, 0.15) is 0 Å². The molecule has 1 aromatic heterocycles. The van der Waals surface area contributed by atoms with E-state index in [2.05, 4.69) is 41.5 Å². The van der Waals surface area contributed by atoms with E-state index in [4.69, 9.17) is 0 Å². The fraction of sp³-hybridized carbons (Fsp3) is 0.308. The highest BCUT2D eigenvalue weighted by atomic mass is 14.8. The van der Waals surface area contributed by atoms with Crippen molar-refractivity contribution in [1.82, 2.24) is 10.3 Å². The Morgan fingerprint density at radius 1 is 1.27 bits per heavy atom. The lowest BCUT2D eigenvalue weighted by Crippen LogP contribution is -2.06. The molecule has 1 N–H and O–H groups in total. The van der Waals surface area contributed by atoms with Gasteiger partial charge in [0.05, 0.1) is 5.52 Å². The predicted molar refractivity (Wildman–Crippen MR) is 64.0 cm³/mol. The average molecular weight is 200 g/mol. The number of para-hydroxylation sites is 1. The van der Waals surface area contributed by atoms with Crippen LogP contribution in [0.5, 0.6) is 0 Å². The highest BCUT2D eigenvalue weighted by Crippen LogP contribution is 2.20. The Kier molecular flexibility index (Phi) is 2.69. The summed E-state index contributed by atoms with van der Waals surface area (Å²) < 4.78 is 0. The SMILES string of the molecule is CNCc1cccc2c(C)cc(C)nc12. The number of aromatic nitrogens is 1. The van der Waals surface area contributed by atoms with Gasteiger partial charge in [0.25, 0.3) is 0 Å². The first-order chi connectivity index (χ1) is 7.22. The molecule has 0 spiro atoms. The first-order valence-electron chi connectivity index (χ1n) is 5.23. The minimum Gasteiger partial charge on any atom is -0.316 e. The number of nitrogens with zero attached hydrogens (tertiary/aromatic N) is 1. The third-order valence-electron chi connectivity index (χ3n) is 2.63. The number of pyridine rings is 1. The summed E-state index contributed by atoms with van der Waals surface area (Å²) in [5, 5.41) is 4.43. The van der Waals surface area contributed by atoms with Gasteiger partial charge >= 0.3 is 0 Å². The summed E-state index contributed by atoms with van der Waals surface area (Å²) in [5.74, 6) is 0. The zero-order valence-electron chi connectivity index (χ0n) is 9.46. The van der Waals surface area contributed by atoms with E-state index in [1.165, 1.54) is 16.5 Å². The van der Waals surface area contributed by atoms with E-state index in [0.717, 1.165) is 17.8 Å². The molecule has 0 radical (unpaired) electrons. The van der Waals surface area contributed by atoms with E-state index < -0.39 is 0 Å². The van der Waals surface area contributed by atoms with Gasteiger partial charge in [0, 0.05) is 17.6 Å². The molecule has 2 heteroatoms. The summed E-state index contributed by atoms with van der Waals surface area (Å²) >= 11 is 0. The number of hydrogen-bond donors (Lipinski definition) is 1. The van der Waals surface area contributed by atoms with Crippen molar-refractivity contribution in [1.29, 1.82) is 0 Å². The molecule has 15 heavy (non-hydrogen) atoms. The smallest absolute Gasteiger partial charge is 0.0752 e. The number of rotatable bonds is 2. The summed E-state index contributed by atoms with van der Waals surface area (Å²) in [6.45, 7) is 5.05. The van der Waals surface area contributed by atoms with Crippen LogP contribution in [0.4, 0.5) is 0 Å². The van der Waals surface area contributed by atoms with Crippen molar-refractivity contribution in [2.75, 3.05) is 7.05 Å². The number of fused-ring (bicyclic) bond motifs is 1. The van der Waals surface area contributed by atoms with Crippen LogP contribution < -0.4 is 5.32 Å². The Hall–Kier alpha value is -1.41. The van der Waals surface area contributed by atoms with E-state index in [1.807, 2.05) is 14.0 Å². The molecule has 78 valence electrons. The van der Waals surface area contributed by atoms with E-state index in [9.17, 15) is 0 Å². The standard InChI is InChI=1S/C13H16N2/c1-9-7-10(2)15-13-11(8-14-3)5-4-6-12(9)13/h4-7,14H,8H2,1-3H3. The highest BCUT2D eigenvalue weighted by Gasteiger charge is 2.04. The molecule has 1 aromatic carbocycles. The molecular weight excluding hydrogens is 184 g/mol. The van der Waals surface area contributed by atoms with Gasteiger partial charge in [-0.05, 0) is 38.1 Å². The van der Waals surface area contributed by atoms with Gasteiger partial charge in [-0.25, -0.2) is 0 Å². The molecule has 0 amide bonds. The maximum atomic E-state index is 4.62. The van der Waals surface area contributed by atoms with Crippen LogP contribution in [-0.4, -0.2) is 12.0 Å². The molecule has 0 aliphatic carbocycles. The van der Waals surface area contributed by atoms with Crippen molar-refractivity contribution in [2.45, 2.75) is 20.4 Å². The van der Waals surface area contributed by atoms with Crippen molar-refractivity contribution in [3.63, 3.8) is 0 Å². The van der Waals surface area contributed by atoms with Gasteiger partial charge in [-0.3, -0.25) is 4.98 Å². The molecule has 2 rings (SSSR count). The zero-order chi connectivity index (χ0) is 10.8. The summed E-state index contributed by atoms with van der Waals surface area (Å²) in [5.41, 5.74) is 4.78. The maximum Gasteiger partial charge on any atom is 0.0752 e. The van der Waals surface area contributed by atoms with Crippen molar-refractivity contribution in [2.24, 2.45) is 0 Å². The Morgan fingerprint density at radius 3 is 2.80 bits per heavy atom. The van der Waals surface area contributed by atoms with Gasteiger partial charge in [-0.15, -0.1) is 0 Å². The first kappa shape index (κ1) is 10.1. The van der Waals surface area contributed by atoms with Crippen LogP contribution in [0.15, 0.2) is 24.3 Å². The third-order valence-corrected chi connectivity index (χ3v) is 2.63. The number of aryl methyl sites for hydroxylation is 2.